The number of carbonyl (C=O) groups excluding carboxylic acids is 2. The van der Waals surface area contributed by atoms with Crippen LogP contribution in [0.1, 0.15) is 28.7 Å². The van der Waals surface area contributed by atoms with Gasteiger partial charge in [0.1, 0.15) is 10.8 Å². The van der Waals surface area contributed by atoms with Gasteiger partial charge < -0.3 is 9.64 Å². The second-order valence-electron chi connectivity index (χ2n) is 7.92. The Balaban J connectivity index is 1.89. The number of ether oxygens (including phenoxy) is 1. The number of amides is 1. The lowest BCUT2D eigenvalue weighted by Crippen LogP contribution is -2.43. The number of likely N-dealkylation sites (N-methyl/N-ethyl adjacent to an activating group) is 1. The molecule has 0 radical (unpaired) electrons. The Morgan fingerprint density at radius 1 is 0.967 bits per heavy atom. The fourth-order valence-corrected chi connectivity index (χ4v) is 5.53. The molecule has 2 atom stereocenters. The summed E-state index contributed by atoms with van der Waals surface area (Å²) in [4.78, 5) is 28.9. The number of hydrogen-bond donors (Lipinski definition) is 0. The molecule has 1 aliphatic heterocycles. The Hall–Kier alpha value is -3.11. The summed E-state index contributed by atoms with van der Waals surface area (Å²) >= 11 is 6.36. The largest absolute Gasteiger partial charge is 0.468 e. The molecule has 0 aromatic heterocycles. The van der Waals surface area contributed by atoms with Gasteiger partial charge >= 0.3 is 5.97 Å². The monoisotopic (exact) mass is 417 g/mol. The first-order chi connectivity index (χ1) is 14.5. The van der Waals surface area contributed by atoms with Crippen molar-refractivity contribution in [3.8, 4) is 0 Å². The van der Waals surface area contributed by atoms with E-state index < -0.39 is 10.8 Å². The average Bonchev–Trinajstić information content (AvgIpc) is 3.21. The van der Waals surface area contributed by atoms with E-state index in [1.54, 1.807) is 18.0 Å². The highest BCUT2D eigenvalue weighted by Gasteiger charge is 2.64. The van der Waals surface area contributed by atoms with Crippen molar-refractivity contribution in [1.82, 2.24) is 0 Å². The lowest BCUT2D eigenvalue weighted by atomic mass is 9.70. The van der Waals surface area contributed by atoms with E-state index in [0.29, 0.717) is 5.02 Å². The Morgan fingerprint density at radius 3 is 2.33 bits per heavy atom. The first kappa shape index (κ1) is 18.9. The zero-order chi connectivity index (χ0) is 21.1. The van der Waals surface area contributed by atoms with Crippen molar-refractivity contribution in [3.05, 3.63) is 100 Å². The number of anilines is 1. The zero-order valence-electron chi connectivity index (χ0n) is 16.7. The molecule has 2 unspecified atom stereocenters. The van der Waals surface area contributed by atoms with Gasteiger partial charge in [0.05, 0.1) is 7.11 Å². The van der Waals surface area contributed by atoms with Gasteiger partial charge in [-0.15, -0.1) is 0 Å². The summed E-state index contributed by atoms with van der Waals surface area (Å²) in [5, 5.41) is 0.559. The number of nitrogens with zero attached hydrogens (tertiary/aromatic N) is 1. The maximum Gasteiger partial charge on any atom is 0.320 e. The van der Waals surface area contributed by atoms with E-state index >= 15 is 0 Å². The molecule has 1 amide bonds. The standard InChI is InChI=1S/C25H20ClNO3/c1-27-21-13-12-17(26)14-20(21)25(22(27)28)15-24(23(29)30-2,16-8-4-3-5-9-16)18-10-6-7-11-19(18)25/h3-14H,15H2,1-2H3. The maximum absolute atomic E-state index is 13.8. The zero-order valence-corrected chi connectivity index (χ0v) is 17.4. The summed E-state index contributed by atoms with van der Waals surface area (Å²) in [6.07, 6.45) is 0.256. The third-order valence-corrected chi connectivity index (χ3v) is 6.86. The molecule has 3 aromatic rings. The molecule has 1 heterocycles. The molecule has 3 aromatic carbocycles. The number of hydrogen-bond acceptors (Lipinski definition) is 3. The van der Waals surface area contributed by atoms with Gasteiger partial charge in [-0.2, -0.15) is 0 Å². The molecule has 0 fully saturated rings. The summed E-state index contributed by atoms with van der Waals surface area (Å²) in [5.41, 5.74) is 1.99. The van der Waals surface area contributed by atoms with Crippen LogP contribution in [0.4, 0.5) is 5.69 Å². The van der Waals surface area contributed by atoms with Crippen LogP contribution in [0.15, 0.2) is 72.8 Å². The predicted octanol–water partition coefficient (Wildman–Crippen LogP) is 4.47. The van der Waals surface area contributed by atoms with Crippen LogP contribution >= 0.6 is 11.6 Å². The molecule has 150 valence electrons. The van der Waals surface area contributed by atoms with Crippen molar-refractivity contribution in [2.24, 2.45) is 0 Å². The molecule has 5 rings (SSSR count). The smallest absolute Gasteiger partial charge is 0.320 e. The van der Waals surface area contributed by atoms with Crippen LogP contribution in [0.3, 0.4) is 0 Å². The summed E-state index contributed by atoms with van der Waals surface area (Å²) in [7, 11) is 3.17. The Labute approximate surface area is 180 Å². The first-order valence-corrected chi connectivity index (χ1v) is 10.2. The number of esters is 1. The first-order valence-electron chi connectivity index (χ1n) is 9.79. The molecule has 30 heavy (non-hydrogen) atoms. The number of carbonyl (C=O) groups is 2. The quantitative estimate of drug-likeness (QED) is 0.578. The number of benzene rings is 3. The second-order valence-corrected chi connectivity index (χ2v) is 8.35. The van der Waals surface area contributed by atoms with Crippen LogP contribution in [0.2, 0.25) is 5.02 Å². The van der Waals surface area contributed by atoms with Crippen molar-refractivity contribution in [2.45, 2.75) is 17.3 Å². The van der Waals surface area contributed by atoms with Gasteiger partial charge in [-0.1, -0.05) is 66.2 Å². The predicted molar refractivity (Wildman–Crippen MR) is 116 cm³/mol. The minimum atomic E-state index is -1.09. The molecule has 0 saturated carbocycles. The summed E-state index contributed by atoms with van der Waals surface area (Å²) in [6.45, 7) is 0. The summed E-state index contributed by atoms with van der Waals surface area (Å²) in [5.74, 6) is -0.433. The molecular weight excluding hydrogens is 398 g/mol. The third-order valence-electron chi connectivity index (χ3n) is 6.63. The lowest BCUT2D eigenvalue weighted by Gasteiger charge is -2.30. The highest BCUT2D eigenvalue weighted by Crippen LogP contribution is 2.61. The number of rotatable bonds is 2. The highest BCUT2D eigenvalue weighted by molar-refractivity contribution is 6.31. The Bertz CT molecular complexity index is 1190. The Kier molecular flexibility index (Phi) is 4.06. The Morgan fingerprint density at radius 2 is 1.63 bits per heavy atom. The van der Waals surface area contributed by atoms with Crippen LogP contribution in [0.25, 0.3) is 0 Å². The molecular formula is C25H20ClNO3. The van der Waals surface area contributed by atoms with E-state index in [9.17, 15) is 9.59 Å². The maximum atomic E-state index is 13.8. The fourth-order valence-electron chi connectivity index (χ4n) is 5.35. The number of halogens is 1. The summed E-state index contributed by atoms with van der Waals surface area (Å²) in [6, 6.07) is 22.8. The third kappa shape index (κ3) is 2.17. The molecule has 1 spiro atoms. The molecule has 2 aliphatic rings. The molecule has 1 aliphatic carbocycles. The second kappa shape index (κ2) is 6.44. The van der Waals surface area contributed by atoms with Crippen LogP contribution in [0.5, 0.6) is 0 Å². The van der Waals surface area contributed by atoms with E-state index in [2.05, 4.69) is 0 Å². The van der Waals surface area contributed by atoms with Crippen molar-refractivity contribution in [1.29, 1.82) is 0 Å². The van der Waals surface area contributed by atoms with Gasteiger partial charge in [-0.3, -0.25) is 9.59 Å². The minimum absolute atomic E-state index is 0.0612. The van der Waals surface area contributed by atoms with Crippen molar-refractivity contribution < 1.29 is 14.3 Å². The number of methoxy groups -OCH3 is 1. The van der Waals surface area contributed by atoms with Gasteiger partial charge in [0.2, 0.25) is 5.91 Å². The van der Waals surface area contributed by atoms with E-state index in [0.717, 1.165) is 27.9 Å². The highest BCUT2D eigenvalue weighted by atomic mass is 35.5. The SMILES string of the molecule is COC(=O)C1(c2ccccc2)CC2(C(=O)N(C)c3ccc(Cl)cc32)c2ccccc21. The van der Waals surface area contributed by atoms with Crippen LogP contribution < -0.4 is 4.90 Å². The van der Waals surface area contributed by atoms with E-state index in [-0.39, 0.29) is 18.3 Å². The van der Waals surface area contributed by atoms with Crippen LogP contribution in [-0.4, -0.2) is 26.0 Å². The summed E-state index contributed by atoms with van der Waals surface area (Å²) < 4.78 is 5.34. The molecule has 5 heteroatoms. The topological polar surface area (TPSA) is 46.6 Å². The lowest BCUT2D eigenvalue weighted by molar-refractivity contribution is -0.146. The van der Waals surface area contributed by atoms with Crippen molar-refractivity contribution >= 4 is 29.2 Å². The normalized spacial score (nSPS) is 24.1. The van der Waals surface area contributed by atoms with Crippen molar-refractivity contribution in [3.63, 3.8) is 0 Å². The van der Waals surface area contributed by atoms with E-state index in [4.69, 9.17) is 16.3 Å². The van der Waals surface area contributed by atoms with Gasteiger partial charge in [0.25, 0.3) is 0 Å². The van der Waals surface area contributed by atoms with Crippen LogP contribution in [0, 0.1) is 0 Å². The fraction of sp³-hybridized carbons (Fsp3) is 0.200. The average molecular weight is 418 g/mol. The van der Waals surface area contributed by atoms with Crippen LogP contribution in [-0.2, 0) is 25.2 Å². The van der Waals surface area contributed by atoms with Gasteiger partial charge in [-0.05, 0) is 46.9 Å². The van der Waals surface area contributed by atoms with E-state index in [1.165, 1.54) is 7.11 Å². The van der Waals surface area contributed by atoms with E-state index in [1.807, 2.05) is 66.7 Å². The van der Waals surface area contributed by atoms with Gasteiger partial charge in [-0.25, -0.2) is 0 Å². The van der Waals surface area contributed by atoms with Gasteiger partial charge in [0, 0.05) is 17.8 Å². The molecule has 4 nitrogen and oxygen atoms in total. The number of fused-ring (bicyclic) bond motifs is 4. The molecule has 0 bridgehead atoms. The minimum Gasteiger partial charge on any atom is -0.468 e. The van der Waals surface area contributed by atoms with Gasteiger partial charge in [0.15, 0.2) is 0 Å². The van der Waals surface area contributed by atoms with Crippen molar-refractivity contribution in [2.75, 3.05) is 19.1 Å². The molecule has 0 N–H and O–H groups in total. The molecule has 0 saturated heterocycles.